The van der Waals surface area contributed by atoms with Crippen molar-refractivity contribution in [3.8, 4) is 0 Å². The Morgan fingerprint density at radius 3 is 2.07 bits per heavy atom. The highest BCUT2D eigenvalue weighted by molar-refractivity contribution is 5.64. The fraction of sp³-hybridized carbons (Fsp3) is 0.429. The number of hydrogen-bond acceptors (Lipinski definition) is 0. The van der Waals surface area contributed by atoms with E-state index in [4.69, 9.17) is 0 Å². The van der Waals surface area contributed by atoms with Crippen LogP contribution in [0.5, 0.6) is 0 Å². The topological polar surface area (TPSA) is 0 Å². The summed E-state index contributed by atoms with van der Waals surface area (Å²) in [5, 5.41) is 0. The van der Waals surface area contributed by atoms with Crippen molar-refractivity contribution in [3.63, 3.8) is 0 Å². The van der Waals surface area contributed by atoms with E-state index in [1.165, 1.54) is 23.1 Å². The van der Waals surface area contributed by atoms with Crippen LogP contribution >= 0.6 is 0 Å². The minimum absolute atomic E-state index is 1.14. The molecule has 0 saturated heterocycles. The van der Waals surface area contributed by atoms with Gasteiger partial charge in [0.05, 0.1) is 0 Å². The molecule has 0 fully saturated rings. The van der Waals surface area contributed by atoms with Crippen molar-refractivity contribution in [1.82, 2.24) is 0 Å². The van der Waals surface area contributed by atoms with Crippen molar-refractivity contribution in [3.05, 3.63) is 41.5 Å². The first-order chi connectivity index (χ1) is 6.52. The van der Waals surface area contributed by atoms with Crippen LogP contribution in [0, 0.1) is 13.8 Å². The third kappa shape index (κ3) is 4.27. The van der Waals surface area contributed by atoms with E-state index < -0.39 is 0 Å². The zero-order chi connectivity index (χ0) is 11.1. The highest BCUT2D eigenvalue weighted by Gasteiger charge is 1.96. The van der Waals surface area contributed by atoms with Crippen LogP contribution in [0.25, 0.3) is 5.57 Å². The first-order valence-corrected chi connectivity index (χ1v) is 5.26. The first kappa shape index (κ1) is 13.0. The summed E-state index contributed by atoms with van der Waals surface area (Å²) in [6.07, 6.45) is 1.25. The van der Waals surface area contributed by atoms with Crippen LogP contribution in [-0.2, 0) is 0 Å². The average molecular weight is 190 g/mol. The second kappa shape index (κ2) is 6.42. The highest BCUT2D eigenvalue weighted by Crippen LogP contribution is 2.17. The van der Waals surface area contributed by atoms with Crippen molar-refractivity contribution in [1.29, 1.82) is 0 Å². The van der Waals surface area contributed by atoms with Gasteiger partial charge in [-0.1, -0.05) is 56.2 Å². The van der Waals surface area contributed by atoms with E-state index in [-0.39, 0.29) is 0 Å². The summed E-state index contributed by atoms with van der Waals surface area (Å²) >= 11 is 0. The molecule has 0 aliphatic rings. The molecule has 0 atom stereocenters. The minimum atomic E-state index is 1.14. The molecule has 14 heavy (non-hydrogen) atoms. The number of aryl methyl sites for hydroxylation is 2. The van der Waals surface area contributed by atoms with E-state index in [0.29, 0.717) is 0 Å². The maximum absolute atomic E-state index is 3.92. The molecule has 0 aliphatic heterocycles. The third-order valence-corrected chi connectivity index (χ3v) is 1.84. The first-order valence-electron chi connectivity index (χ1n) is 5.26. The number of hydrogen-bond donors (Lipinski definition) is 0. The Bertz CT molecular complexity index is 295. The van der Waals surface area contributed by atoms with Crippen molar-refractivity contribution < 1.29 is 0 Å². The van der Waals surface area contributed by atoms with Crippen molar-refractivity contribution >= 4 is 5.57 Å². The molecule has 0 bridgehead atoms. The molecule has 0 heteroatoms. The van der Waals surface area contributed by atoms with Gasteiger partial charge in [0.1, 0.15) is 0 Å². The minimum Gasteiger partial charge on any atom is -0.0955 e. The van der Waals surface area contributed by atoms with Gasteiger partial charge in [0.2, 0.25) is 0 Å². The monoisotopic (exact) mass is 190 g/mol. The molecule has 0 amide bonds. The summed E-state index contributed by atoms with van der Waals surface area (Å²) in [7, 11) is 0. The van der Waals surface area contributed by atoms with E-state index in [1.54, 1.807) is 0 Å². The maximum Gasteiger partial charge on any atom is -0.0204 e. The molecule has 78 valence electrons. The molecule has 0 N–H and O–H groups in total. The lowest BCUT2D eigenvalue weighted by Gasteiger charge is -2.04. The quantitative estimate of drug-likeness (QED) is 0.599. The lowest BCUT2D eigenvalue weighted by Crippen LogP contribution is -1.84. The molecule has 0 spiro atoms. The summed E-state index contributed by atoms with van der Waals surface area (Å²) in [5.74, 6) is 0. The molecule has 0 aromatic heterocycles. The molecular formula is C14H22. The van der Waals surface area contributed by atoms with E-state index in [9.17, 15) is 0 Å². The predicted octanol–water partition coefficient (Wildman–Crippen LogP) is 4.75. The standard InChI is InChI=1S/C11H14.C3H8/c1-8(2)11-6-5-9(3)7-10(11)4;1-3-2/h5-7H,1H2,2-4H3;3H2,1-2H3. The fourth-order valence-electron chi connectivity index (χ4n) is 1.29. The van der Waals surface area contributed by atoms with Crippen molar-refractivity contribution in [2.45, 2.75) is 41.0 Å². The third-order valence-electron chi connectivity index (χ3n) is 1.84. The van der Waals surface area contributed by atoms with Gasteiger partial charge in [0, 0.05) is 0 Å². The van der Waals surface area contributed by atoms with Crippen LogP contribution in [0.4, 0.5) is 0 Å². The van der Waals surface area contributed by atoms with E-state index >= 15 is 0 Å². The van der Waals surface area contributed by atoms with Crippen LogP contribution in [0.3, 0.4) is 0 Å². The molecule has 0 heterocycles. The number of rotatable bonds is 1. The zero-order valence-electron chi connectivity index (χ0n) is 10.1. The molecule has 1 rings (SSSR count). The summed E-state index contributed by atoms with van der Waals surface area (Å²) in [6.45, 7) is 14.4. The molecule has 1 aromatic carbocycles. The zero-order valence-corrected chi connectivity index (χ0v) is 10.1. The maximum atomic E-state index is 3.92. The highest BCUT2D eigenvalue weighted by atomic mass is 14.0. The Balaban J connectivity index is 0.000000500. The van der Waals surface area contributed by atoms with Gasteiger partial charge in [-0.25, -0.2) is 0 Å². The Labute approximate surface area is 88.7 Å². The summed E-state index contributed by atoms with van der Waals surface area (Å²) < 4.78 is 0. The molecule has 0 saturated carbocycles. The van der Waals surface area contributed by atoms with Gasteiger partial charge in [0.25, 0.3) is 0 Å². The summed E-state index contributed by atoms with van der Waals surface area (Å²) in [5.41, 5.74) is 5.04. The molecule has 0 nitrogen and oxygen atoms in total. The number of benzene rings is 1. The molecule has 0 unspecified atom stereocenters. The van der Waals surface area contributed by atoms with Gasteiger partial charge in [0.15, 0.2) is 0 Å². The normalized spacial score (nSPS) is 8.93. The van der Waals surface area contributed by atoms with Crippen LogP contribution in [-0.4, -0.2) is 0 Å². The second-order valence-electron chi connectivity index (χ2n) is 3.81. The van der Waals surface area contributed by atoms with Crippen molar-refractivity contribution in [2.24, 2.45) is 0 Å². The Hall–Kier alpha value is -1.04. The lowest BCUT2D eigenvalue weighted by atomic mass is 10.0. The van der Waals surface area contributed by atoms with Crippen molar-refractivity contribution in [2.75, 3.05) is 0 Å². The predicted molar refractivity (Wildman–Crippen MR) is 66.6 cm³/mol. The SMILES string of the molecule is C=C(C)c1ccc(C)cc1C.CCC. The van der Waals surface area contributed by atoms with Gasteiger partial charge < -0.3 is 0 Å². The fourth-order valence-corrected chi connectivity index (χ4v) is 1.29. The van der Waals surface area contributed by atoms with Crippen LogP contribution in [0.15, 0.2) is 24.8 Å². The Morgan fingerprint density at radius 1 is 1.21 bits per heavy atom. The molecule has 0 aliphatic carbocycles. The number of allylic oxidation sites excluding steroid dienone is 1. The molecule has 0 radical (unpaired) electrons. The summed E-state index contributed by atoms with van der Waals surface area (Å²) in [6, 6.07) is 6.44. The van der Waals surface area contributed by atoms with E-state index in [0.717, 1.165) is 5.57 Å². The summed E-state index contributed by atoms with van der Waals surface area (Å²) in [4.78, 5) is 0. The Morgan fingerprint density at radius 2 is 1.71 bits per heavy atom. The van der Waals surface area contributed by atoms with Crippen LogP contribution in [0.2, 0.25) is 0 Å². The average Bonchev–Trinajstić information content (AvgIpc) is 2.04. The van der Waals surface area contributed by atoms with Gasteiger partial charge in [-0.15, -0.1) is 0 Å². The van der Waals surface area contributed by atoms with Crippen LogP contribution in [0.1, 0.15) is 43.9 Å². The van der Waals surface area contributed by atoms with Gasteiger partial charge in [-0.3, -0.25) is 0 Å². The second-order valence-corrected chi connectivity index (χ2v) is 3.81. The molecular weight excluding hydrogens is 168 g/mol. The van der Waals surface area contributed by atoms with E-state index in [2.05, 4.69) is 52.5 Å². The van der Waals surface area contributed by atoms with Gasteiger partial charge >= 0.3 is 0 Å². The van der Waals surface area contributed by atoms with Gasteiger partial charge in [-0.05, 0) is 31.9 Å². The van der Waals surface area contributed by atoms with E-state index in [1.807, 2.05) is 6.92 Å². The van der Waals surface area contributed by atoms with Crippen LogP contribution < -0.4 is 0 Å². The Kier molecular flexibility index (Phi) is 5.94. The van der Waals surface area contributed by atoms with Gasteiger partial charge in [-0.2, -0.15) is 0 Å². The largest absolute Gasteiger partial charge is 0.0955 e. The smallest absolute Gasteiger partial charge is 0.0204 e. The molecule has 1 aromatic rings. The lowest BCUT2D eigenvalue weighted by molar-refractivity contribution is 1.09.